The molecule has 0 unspecified atom stereocenters. The SMILES string of the molecule is CCn1c(SCC(=O)N[C@@H]2CCCC[C@H]2C)nnc1-c1ccc(OC)cc1. The van der Waals surface area contributed by atoms with Gasteiger partial charge in [0.2, 0.25) is 5.91 Å². The maximum atomic E-state index is 12.4. The molecule has 1 aromatic carbocycles. The van der Waals surface area contributed by atoms with Crippen LogP contribution in [0.25, 0.3) is 11.4 Å². The predicted molar refractivity (Wildman–Crippen MR) is 108 cm³/mol. The highest BCUT2D eigenvalue weighted by Crippen LogP contribution is 2.26. The number of ether oxygens (including phenoxy) is 1. The van der Waals surface area contributed by atoms with Gasteiger partial charge in [-0.15, -0.1) is 10.2 Å². The Morgan fingerprint density at radius 1 is 1.26 bits per heavy atom. The summed E-state index contributed by atoms with van der Waals surface area (Å²) in [4.78, 5) is 12.4. The van der Waals surface area contributed by atoms with Crippen LogP contribution in [0.3, 0.4) is 0 Å². The van der Waals surface area contributed by atoms with Gasteiger partial charge in [0.15, 0.2) is 11.0 Å². The zero-order valence-corrected chi connectivity index (χ0v) is 17.1. The van der Waals surface area contributed by atoms with Crippen molar-refractivity contribution in [2.45, 2.75) is 57.3 Å². The largest absolute Gasteiger partial charge is 0.497 e. The van der Waals surface area contributed by atoms with Crippen LogP contribution in [0.4, 0.5) is 0 Å². The van der Waals surface area contributed by atoms with E-state index in [4.69, 9.17) is 4.74 Å². The lowest BCUT2D eigenvalue weighted by Crippen LogP contribution is -2.41. The molecule has 2 aromatic rings. The number of carbonyl (C=O) groups excluding carboxylic acids is 1. The van der Waals surface area contributed by atoms with Crippen LogP contribution in [0.5, 0.6) is 5.75 Å². The van der Waals surface area contributed by atoms with Gasteiger partial charge in [0.05, 0.1) is 12.9 Å². The Morgan fingerprint density at radius 2 is 2.00 bits per heavy atom. The highest BCUT2D eigenvalue weighted by atomic mass is 32.2. The first-order chi connectivity index (χ1) is 13.1. The Bertz CT molecular complexity index is 760. The van der Waals surface area contributed by atoms with Gasteiger partial charge in [0.25, 0.3) is 0 Å². The Morgan fingerprint density at radius 3 is 2.67 bits per heavy atom. The molecule has 6 nitrogen and oxygen atoms in total. The number of methoxy groups -OCH3 is 1. The van der Waals surface area contributed by atoms with E-state index >= 15 is 0 Å². The van der Waals surface area contributed by atoms with Crippen molar-refractivity contribution in [2.75, 3.05) is 12.9 Å². The molecule has 27 heavy (non-hydrogen) atoms. The molecule has 1 aliphatic rings. The predicted octanol–water partition coefficient (Wildman–Crippen LogP) is 3.76. The van der Waals surface area contributed by atoms with Crippen molar-refractivity contribution in [1.29, 1.82) is 0 Å². The average molecular weight is 389 g/mol. The molecule has 146 valence electrons. The monoisotopic (exact) mass is 388 g/mol. The van der Waals surface area contributed by atoms with Gasteiger partial charge in [-0.3, -0.25) is 4.79 Å². The van der Waals surface area contributed by atoms with Crippen LogP contribution < -0.4 is 10.1 Å². The number of hydrogen-bond acceptors (Lipinski definition) is 5. The number of aromatic nitrogens is 3. The minimum atomic E-state index is 0.0791. The van der Waals surface area contributed by atoms with Gasteiger partial charge in [0.1, 0.15) is 5.75 Å². The fourth-order valence-electron chi connectivity index (χ4n) is 3.54. The van der Waals surface area contributed by atoms with Crippen molar-refractivity contribution in [3.8, 4) is 17.1 Å². The second kappa shape index (κ2) is 9.26. The number of benzene rings is 1. The number of nitrogens with one attached hydrogen (secondary N) is 1. The zero-order chi connectivity index (χ0) is 19.2. The molecule has 1 saturated carbocycles. The van der Waals surface area contributed by atoms with Gasteiger partial charge in [-0.05, 0) is 49.9 Å². The van der Waals surface area contributed by atoms with E-state index in [1.807, 2.05) is 28.8 Å². The highest BCUT2D eigenvalue weighted by molar-refractivity contribution is 7.99. The molecule has 1 amide bonds. The van der Waals surface area contributed by atoms with Crippen molar-refractivity contribution in [3.63, 3.8) is 0 Å². The van der Waals surface area contributed by atoms with E-state index in [1.54, 1.807) is 7.11 Å². The number of carbonyl (C=O) groups is 1. The molecule has 0 bridgehead atoms. The van der Waals surface area contributed by atoms with E-state index < -0.39 is 0 Å². The fourth-order valence-corrected chi connectivity index (χ4v) is 4.36. The maximum absolute atomic E-state index is 12.4. The first kappa shape index (κ1) is 19.7. The number of nitrogens with zero attached hydrogens (tertiary/aromatic N) is 3. The lowest BCUT2D eigenvalue weighted by Gasteiger charge is -2.29. The molecule has 0 radical (unpaired) electrons. The number of hydrogen-bond donors (Lipinski definition) is 1. The first-order valence-electron chi connectivity index (χ1n) is 9.62. The summed E-state index contributed by atoms with van der Waals surface area (Å²) in [6.07, 6.45) is 4.77. The number of thioether (sulfide) groups is 1. The van der Waals surface area contributed by atoms with Crippen molar-refractivity contribution < 1.29 is 9.53 Å². The van der Waals surface area contributed by atoms with Crippen LogP contribution in [0.2, 0.25) is 0 Å². The summed E-state index contributed by atoms with van der Waals surface area (Å²) in [5, 5.41) is 12.6. The van der Waals surface area contributed by atoms with Crippen LogP contribution in [-0.2, 0) is 11.3 Å². The van der Waals surface area contributed by atoms with E-state index in [-0.39, 0.29) is 5.91 Å². The Hall–Kier alpha value is -2.02. The molecule has 2 atom stereocenters. The molecular formula is C20H28N4O2S. The molecule has 0 aliphatic heterocycles. The summed E-state index contributed by atoms with van der Waals surface area (Å²) in [6, 6.07) is 8.08. The average Bonchev–Trinajstić information content (AvgIpc) is 3.11. The fraction of sp³-hybridized carbons (Fsp3) is 0.550. The normalized spacial score (nSPS) is 19.7. The standard InChI is InChI=1S/C20H28N4O2S/c1-4-24-19(15-9-11-16(26-3)12-10-15)22-23-20(24)27-13-18(25)21-17-8-6-5-7-14(17)2/h9-12,14,17H,4-8,13H2,1-3H3,(H,21,25)/t14-,17-/m1/s1. The summed E-state index contributed by atoms with van der Waals surface area (Å²) in [6.45, 7) is 5.04. The summed E-state index contributed by atoms with van der Waals surface area (Å²) < 4.78 is 7.25. The van der Waals surface area contributed by atoms with Crippen molar-refractivity contribution >= 4 is 17.7 Å². The van der Waals surface area contributed by atoms with E-state index in [0.29, 0.717) is 17.7 Å². The first-order valence-corrected chi connectivity index (χ1v) is 10.6. The van der Waals surface area contributed by atoms with E-state index in [9.17, 15) is 4.79 Å². The molecule has 1 heterocycles. The molecule has 3 rings (SSSR count). The quantitative estimate of drug-likeness (QED) is 0.732. The van der Waals surface area contributed by atoms with Crippen LogP contribution in [0, 0.1) is 5.92 Å². The van der Waals surface area contributed by atoms with Crippen LogP contribution in [0.15, 0.2) is 29.4 Å². The molecule has 1 aromatic heterocycles. The molecule has 1 N–H and O–H groups in total. The van der Waals surface area contributed by atoms with Crippen molar-refractivity contribution in [1.82, 2.24) is 20.1 Å². The molecular weight excluding hydrogens is 360 g/mol. The number of rotatable bonds is 7. The third kappa shape index (κ3) is 4.83. The summed E-state index contributed by atoms with van der Waals surface area (Å²) in [7, 11) is 1.65. The zero-order valence-electron chi connectivity index (χ0n) is 16.3. The van der Waals surface area contributed by atoms with Crippen LogP contribution >= 0.6 is 11.8 Å². The second-order valence-corrected chi connectivity index (χ2v) is 7.95. The minimum absolute atomic E-state index is 0.0791. The Kier molecular flexibility index (Phi) is 6.77. The molecule has 0 spiro atoms. The third-order valence-corrected chi connectivity index (χ3v) is 6.14. The van der Waals surface area contributed by atoms with E-state index in [2.05, 4.69) is 29.4 Å². The third-order valence-electron chi connectivity index (χ3n) is 5.17. The van der Waals surface area contributed by atoms with Crippen molar-refractivity contribution in [3.05, 3.63) is 24.3 Å². The summed E-state index contributed by atoms with van der Waals surface area (Å²) in [5.41, 5.74) is 0.984. The molecule has 1 fully saturated rings. The molecule has 0 saturated heterocycles. The highest BCUT2D eigenvalue weighted by Gasteiger charge is 2.23. The lowest BCUT2D eigenvalue weighted by molar-refractivity contribution is -0.119. The lowest BCUT2D eigenvalue weighted by atomic mass is 9.86. The van der Waals surface area contributed by atoms with E-state index in [1.165, 1.54) is 31.0 Å². The van der Waals surface area contributed by atoms with Gasteiger partial charge in [0, 0.05) is 18.2 Å². The second-order valence-electron chi connectivity index (χ2n) is 7.00. The topological polar surface area (TPSA) is 69.0 Å². The van der Waals surface area contributed by atoms with Gasteiger partial charge in [-0.2, -0.15) is 0 Å². The van der Waals surface area contributed by atoms with Crippen LogP contribution in [0.1, 0.15) is 39.5 Å². The Labute approximate surface area is 165 Å². The van der Waals surface area contributed by atoms with Gasteiger partial charge < -0.3 is 14.6 Å². The minimum Gasteiger partial charge on any atom is -0.497 e. The van der Waals surface area contributed by atoms with Gasteiger partial charge in [-0.25, -0.2) is 0 Å². The number of amides is 1. The Balaban J connectivity index is 1.63. The van der Waals surface area contributed by atoms with Gasteiger partial charge in [-0.1, -0.05) is 31.5 Å². The summed E-state index contributed by atoms with van der Waals surface area (Å²) in [5.74, 6) is 2.63. The molecule has 7 heteroatoms. The maximum Gasteiger partial charge on any atom is 0.230 e. The smallest absolute Gasteiger partial charge is 0.230 e. The van der Waals surface area contributed by atoms with E-state index in [0.717, 1.165) is 35.3 Å². The summed E-state index contributed by atoms with van der Waals surface area (Å²) >= 11 is 1.45. The van der Waals surface area contributed by atoms with Gasteiger partial charge >= 0.3 is 0 Å². The molecule has 1 aliphatic carbocycles. The van der Waals surface area contributed by atoms with Crippen LogP contribution in [-0.4, -0.2) is 39.6 Å². The van der Waals surface area contributed by atoms with Crippen molar-refractivity contribution in [2.24, 2.45) is 5.92 Å².